The van der Waals surface area contributed by atoms with Gasteiger partial charge in [-0.3, -0.25) is 0 Å². The van der Waals surface area contributed by atoms with Crippen LogP contribution < -0.4 is 0 Å². The molecule has 2 heterocycles. The van der Waals surface area contributed by atoms with Crippen molar-refractivity contribution in [1.82, 2.24) is 0 Å². The van der Waals surface area contributed by atoms with Gasteiger partial charge in [-0.1, -0.05) is 29.3 Å². The molecule has 0 aliphatic carbocycles. The van der Waals surface area contributed by atoms with Crippen molar-refractivity contribution in [3.05, 3.63) is 33.8 Å². The molecule has 0 aromatic heterocycles. The average Bonchev–Trinajstić information content (AvgIpc) is 2.98. The number of aliphatic hydroxyl groups is 1. The van der Waals surface area contributed by atoms with Crippen molar-refractivity contribution >= 4 is 23.2 Å². The quantitative estimate of drug-likeness (QED) is 0.909. The molecular formula is C14H13Cl2NO2. The van der Waals surface area contributed by atoms with E-state index in [0.717, 1.165) is 12.8 Å². The van der Waals surface area contributed by atoms with E-state index in [0.29, 0.717) is 22.0 Å². The molecule has 2 aliphatic rings. The number of rotatable bonds is 2. The van der Waals surface area contributed by atoms with Crippen molar-refractivity contribution < 1.29 is 9.84 Å². The van der Waals surface area contributed by atoms with Crippen LogP contribution in [0.1, 0.15) is 30.9 Å². The summed E-state index contributed by atoms with van der Waals surface area (Å²) >= 11 is 12.0. The maximum absolute atomic E-state index is 10.6. The van der Waals surface area contributed by atoms with Crippen molar-refractivity contribution in [1.29, 1.82) is 5.26 Å². The van der Waals surface area contributed by atoms with E-state index in [1.807, 2.05) is 0 Å². The van der Waals surface area contributed by atoms with E-state index in [-0.39, 0.29) is 12.2 Å². The molecule has 100 valence electrons. The fourth-order valence-corrected chi connectivity index (χ4v) is 3.72. The van der Waals surface area contributed by atoms with Crippen LogP contribution in [0.5, 0.6) is 0 Å². The standard InChI is InChI=1S/C14H13Cl2NO2/c15-8-1-3-10(11(16)5-8)13(18)14(7-17)6-9-2-4-12(14)19-9/h1,3,5,9,12-13,18H,2,4,6H2. The third kappa shape index (κ3) is 1.95. The van der Waals surface area contributed by atoms with Crippen molar-refractivity contribution in [2.75, 3.05) is 0 Å². The maximum Gasteiger partial charge on any atom is 0.116 e. The molecule has 3 nitrogen and oxygen atoms in total. The number of halogens is 2. The van der Waals surface area contributed by atoms with Gasteiger partial charge >= 0.3 is 0 Å². The van der Waals surface area contributed by atoms with Gasteiger partial charge in [0.1, 0.15) is 11.5 Å². The third-order valence-corrected chi connectivity index (χ3v) is 4.76. The van der Waals surface area contributed by atoms with Gasteiger partial charge in [-0.25, -0.2) is 0 Å². The summed E-state index contributed by atoms with van der Waals surface area (Å²) in [5, 5.41) is 21.1. The second kappa shape index (κ2) is 4.64. The second-order valence-electron chi connectivity index (χ2n) is 5.25. The Morgan fingerprint density at radius 2 is 2.21 bits per heavy atom. The van der Waals surface area contributed by atoms with Gasteiger partial charge in [-0.15, -0.1) is 0 Å². The number of fused-ring (bicyclic) bond motifs is 2. The first kappa shape index (κ1) is 13.2. The number of benzene rings is 1. The Morgan fingerprint density at radius 1 is 1.42 bits per heavy atom. The molecular weight excluding hydrogens is 285 g/mol. The zero-order chi connectivity index (χ0) is 13.6. The summed E-state index contributed by atoms with van der Waals surface area (Å²) in [7, 11) is 0. The maximum atomic E-state index is 10.6. The van der Waals surface area contributed by atoms with Crippen molar-refractivity contribution in [2.45, 2.75) is 37.6 Å². The van der Waals surface area contributed by atoms with E-state index >= 15 is 0 Å². The van der Waals surface area contributed by atoms with Crippen molar-refractivity contribution in [3.63, 3.8) is 0 Å². The van der Waals surface area contributed by atoms with Crippen LogP contribution in [-0.4, -0.2) is 17.3 Å². The molecule has 5 heteroatoms. The molecule has 0 spiro atoms. The van der Waals surface area contributed by atoms with E-state index in [4.69, 9.17) is 27.9 Å². The molecule has 2 fully saturated rings. The second-order valence-corrected chi connectivity index (χ2v) is 6.09. The average molecular weight is 298 g/mol. The van der Waals surface area contributed by atoms with E-state index in [1.54, 1.807) is 18.2 Å². The lowest BCUT2D eigenvalue weighted by atomic mass is 9.69. The van der Waals surface area contributed by atoms with E-state index < -0.39 is 11.5 Å². The summed E-state index contributed by atoms with van der Waals surface area (Å²) in [6.07, 6.45) is 1.29. The lowest BCUT2D eigenvalue weighted by molar-refractivity contribution is 0.00347. The predicted octanol–water partition coefficient (Wildman–Crippen LogP) is 3.49. The van der Waals surface area contributed by atoms with Crippen LogP contribution in [0, 0.1) is 16.7 Å². The van der Waals surface area contributed by atoms with Gasteiger partial charge in [-0.05, 0) is 31.4 Å². The minimum Gasteiger partial charge on any atom is -0.387 e. The molecule has 4 atom stereocenters. The van der Waals surface area contributed by atoms with Crippen molar-refractivity contribution in [2.24, 2.45) is 5.41 Å². The molecule has 0 amide bonds. The van der Waals surface area contributed by atoms with Gasteiger partial charge < -0.3 is 9.84 Å². The lowest BCUT2D eigenvalue weighted by Gasteiger charge is -2.33. The monoisotopic (exact) mass is 297 g/mol. The van der Waals surface area contributed by atoms with E-state index in [1.165, 1.54) is 0 Å². The summed E-state index contributed by atoms with van der Waals surface area (Å²) in [6, 6.07) is 7.22. The Morgan fingerprint density at radius 3 is 2.74 bits per heavy atom. The van der Waals surface area contributed by atoms with Crippen LogP contribution in [-0.2, 0) is 4.74 Å². The Bertz CT molecular complexity index is 557. The van der Waals surface area contributed by atoms with Crippen LogP contribution in [0.4, 0.5) is 0 Å². The fourth-order valence-electron chi connectivity index (χ4n) is 3.21. The Kier molecular flexibility index (Phi) is 3.23. The van der Waals surface area contributed by atoms with Gasteiger partial charge in [0.25, 0.3) is 0 Å². The Hall–Kier alpha value is -0.790. The molecule has 1 aromatic carbocycles. The minimum atomic E-state index is -0.947. The molecule has 2 saturated heterocycles. The molecule has 0 radical (unpaired) electrons. The first-order chi connectivity index (χ1) is 9.06. The van der Waals surface area contributed by atoms with Crippen LogP contribution in [0.3, 0.4) is 0 Å². The van der Waals surface area contributed by atoms with Crippen LogP contribution >= 0.6 is 23.2 Å². The number of nitrogens with zero attached hydrogens (tertiary/aromatic N) is 1. The number of hydrogen-bond acceptors (Lipinski definition) is 3. The van der Waals surface area contributed by atoms with Crippen molar-refractivity contribution in [3.8, 4) is 6.07 Å². The van der Waals surface area contributed by atoms with Gasteiger partial charge in [-0.2, -0.15) is 5.26 Å². The highest BCUT2D eigenvalue weighted by Gasteiger charge is 2.57. The summed E-state index contributed by atoms with van der Waals surface area (Å²) in [5.41, 5.74) is -0.343. The molecule has 1 N–H and O–H groups in total. The summed E-state index contributed by atoms with van der Waals surface area (Å²) in [6.45, 7) is 0. The first-order valence-corrected chi connectivity index (χ1v) is 7.02. The largest absolute Gasteiger partial charge is 0.387 e. The number of hydrogen-bond donors (Lipinski definition) is 1. The fraction of sp³-hybridized carbons (Fsp3) is 0.500. The van der Waals surface area contributed by atoms with Crippen LogP contribution in [0.2, 0.25) is 10.0 Å². The molecule has 2 aliphatic heterocycles. The summed E-state index contributed by atoms with van der Waals surface area (Å²) in [4.78, 5) is 0. The van der Waals surface area contributed by atoms with E-state index in [9.17, 15) is 10.4 Å². The summed E-state index contributed by atoms with van der Waals surface area (Å²) < 4.78 is 5.73. The Labute approximate surface area is 121 Å². The Balaban J connectivity index is 1.99. The highest BCUT2D eigenvalue weighted by Crippen LogP contribution is 2.54. The van der Waals surface area contributed by atoms with Crippen LogP contribution in [0.15, 0.2) is 18.2 Å². The SMILES string of the molecule is N#CC1(C(O)c2ccc(Cl)cc2Cl)CC2CCC1O2. The molecule has 3 rings (SSSR count). The molecule has 19 heavy (non-hydrogen) atoms. The highest BCUT2D eigenvalue weighted by atomic mass is 35.5. The molecule has 2 bridgehead atoms. The van der Waals surface area contributed by atoms with Gasteiger partial charge in [0, 0.05) is 15.6 Å². The normalized spacial score (nSPS) is 34.2. The molecule has 0 saturated carbocycles. The minimum absolute atomic E-state index is 0.0883. The number of nitriles is 1. The van der Waals surface area contributed by atoms with Crippen LogP contribution in [0.25, 0.3) is 0 Å². The zero-order valence-electron chi connectivity index (χ0n) is 10.1. The first-order valence-electron chi connectivity index (χ1n) is 6.26. The predicted molar refractivity (Wildman–Crippen MR) is 72.0 cm³/mol. The highest BCUT2D eigenvalue weighted by molar-refractivity contribution is 6.35. The third-order valence-electron chi connectivity index (χ3n) is 4.20. The topological polar surface area (TPSA) is 53.2 Å². The lowest BCUT2D eigenvalue weighted by Crippen LogP contribution is -2.37. The molecule has 4 unspecified atom stereocenters. The zero-order valence-corrected chi connectivity index (χ0v) is 11.7. The van der Waals surface area contributed by atoms with Gasteiger partial charge in [0.2, 0.25) is 0 Å². The van der Waals surface area contributed by atoms with Gasteiger partial charge in [0.05, 0.1) is 18.3 Å². The smallest absolute Gasteiger partial charge is 0.116 e. The number of aliphatic hydroxyl groups excluding tert-OH is 1. The summed E-state index contributed by atoms with van der Waals surface area (Å²) in [5.74, 6) is 0. The van der Waals surface area contributed by atoms with Gasteiger partial charge in [0.15, 0.2) is 0 Å². The molecule has 1 aromatic rings. The number of ether oxygens (including phenoxy) is 1. The van der Waals surface area contributed by atoms with E-state index in [2.05, 4.69) is 6.07 Å².